The molecule has 3 atom stereocenters. The quantitative estimate of drug-likeness (QED) is 0.674. The van der Waals surface area contributed by atoms with Gasteiger partial charge in [0, 0.05) is 10.6 Å². The van der Waals surface area contributed by atoms with Crippen molar-refractivity contribution < 1.29 is 23.5 Å². The van der Waals surface area contributed by atoms with Crippen LogP contribution >= 0.6 is 11.6 Å². The van der Waals surface area contributed by atoms with Crippen LogP contribution in [-0.4, -0.2) is 24.6 Å². The first-order valence-electron chi connectivity index (χ1n) is 9.06. The van der Waals surface area contributed by atoms with Gasteiger partial charge in [-0.15, -0.1) is 0 Å². The third-order valence-corrected chi connectivity index (χ3v) is 5.33. The highest BCUT2D eigenvalue weighted by molar-refractivity contribution is 6.31. The molecule has 0 unspecified atom stereocenters. The van der Waals surface area contributed by atoms with Gasteiger partial charge in [0.2, 0.25) is 0 Å². The molecule has 0 aromatic heterocycles. The molecule has 0 aliphatic heterocycles. The van der Waals surface area contributed by atoms with Crippen molar-refractivity contribution in [2.24, 2.45) is 17.8 Å². The molecule has 1 aromatic carbocycles. The fraction of sp³-hybridized carbons (Fsp3) is 0.600. The van der Waals surface area contributed by atoms with Crippen LogP contribution in [0, 0.1) is 23.6 Å². The molecule has 0 N–H and O–H groups in total. The van der Waals surface area contributed by atoms with Gasteiger partial charge in [-0.1, -0.05) is 44.9 Å². The van der Waals surface area contributed by atoms with Gasteiger partial charge in [-0.3, -0.25) is 4.79 Å². The van der Waals surface area contributed by atoms with Crippen molar-refractivity contribution in [2.45, 2.75) is 52.6 Å². The number of ether oxygens (including phenoxy) is 2. The summed E-state index contributed by atoms with van der Waals surface area (Å²) in [6, 6.07) is 4.18. The number of hydrogen-bond acceptors (Lipinski definition) is 4. The third-order valence-electron chi connectivity index (χ3n) is 4.98. The molecule has 1 saturated carbocycles. The molecule has 1 aliphatic rings. The van der Waals surface area contributed by atoms with Gasteiger partial charge in [0.25, 0.3) is 0 Å². The average Bonchev–Trinajstić information content (AvgIpc) is 2.56. The first kappa shape index (κ1) is 20.7. The molecule has 0 spiro atoms. The molecule has 26 heavy (non-hydrogen) atoms. The van der Waals surface area contributed by atoms with Crippen LogP contribution in [0.2, 0.25) is 5.02 Å². The van der Waals surface area contributed by atoms with Crippen LogP contribution in [0.3, 0.4) is 0 Å². The number of rotatable bonds is 6. The number of carbonyl (C=O) groups is 2. The molecule has 4 nitrogen and oxygen atoms in total. The Bertz CT molecular complexity index is 626. The summed E-state index contributed by atoms with van der Waals surface area (Å²) >= 11 is 5.89. The molecule has 0 saturated heterocycles. The Labute approximate surface area is 159 Å². The van der Waals surface area contributed by atoms with E-state index in [0.717, 1.165) is 19.3 Å². The molecule has 0 heterocycles. The van der Waals surface area contributed by atoms with E-state index in [1.165, 1.54) is 18.2 Å². The summed E-state index contributed by atoms with van der Waals surface area (Å²) < 4.78 is 24.2. The van der Waals surface area contributed by atoms with Crippen molar-refractivity contribution in [2.75, 3.05) is 6.61 Å². The number of carbonyl (C=O) groups excluding carboxylic acids is 2. The van der Waals surface area contributed by atoms with E-state index in [4.69, 9.17) is 21.1 Å². The van der Waals surface area contributed by atoms with E-state index >= 15 is 0 Å². The second-order valence-electron chi connectivity index (χ2n) is 7.39. The SMILES string of the molecule is CC(C)[C@@H]1CC[C@H](C)C[C@H]1OC(=O)COC(=O)Cc1c(F)cccc1Cl. The largest absolute Gasteiger partial charge is 0.460 e. The molecule has 0 bridgehead atoms. The molecule has 6 heteroatoms. The van der Waals surface area contributed by atoms with Crippen molar-refractivity contribution in [1.29, 1.82) is 0 Å². The molecule has 1 aliphatic carbocycles. The first-order chi connectivity index (χ1) is 12.3. The van der Waals surface area contributed by atoms with Gasteiger partial charge in [0.05, 0.1) is 6.42 Å². The predicted molar refractivity (Wildman–Crippen MR) is 97.3 cm³/mol. The van der Waals surface area contributed by atoms with Crippen LogP contribution in [0.1, 0.15) is 45.6 Å². The van der Waals surface area contributed by atoms with Gasteiger partial charge in [-0.25, -0.2) is 9.18 Å². The lowest BCUT2D eigenvalue weighted by Gasteiger charge is -2.36. The molecular weight excluding hydrogens is 359 g/mol. The minimum absolute atomic E-state index is 0.0634. The van der Waals surface area contributed by atoms with E-state index in [1.807, 2.05) is 0 Å². The standard InChI is InChI=1S/C20H26ClFO4/c1-12(2)14-8-7-13(3)9-18(14)26-20(24)11-25-19(23)10-15-16(21)5-4-6-17(15)22/h4-6,12-14,18H,7-11H2,1-3H3/t13-,14-,18+/m0/s1. The second-order valence-corrected chi connectivity index (χ2v) is 7.80. The number of halogens is 2. The lowest BCUT2D eigenvalue weighted by molar-refractivity contribution is -0.166. The van der Waals surface area contributed by atoms with Gasteiger partial charge >= 0.3 is 11.9 Å². The fourth-order valence-electron chi connectivity index (χ4n) is 3.49. The minimum atomic E-state index is -0.716. The normalized spacial score (nSPS) is 22.9. The molecule has 1 aromatic rings. The Kier molecular flexibility index (Phi) is 7.44. The molecule has 1 fully saturated rings. The zero-order chi connectivity index (χ0) is 19.3. The minimum Gasteiger partial charge on any atom is -0.460 e. The maximum atomic E-state index is 13.7. The van der Waals surface area contributed by atoms with Crippen molar-refractivity contribution in [3.05, 3.63) is 34.6 Å². The highest BCUT2D eigenvalue weighted by Gasteiger charge is 2.33. The summed E-state index contributed by atoms with van der Waals surface area (Å²) in [4.78, 5) is 24.0. The highest BCUT2D eigenvalue weighted by Crippen LogP contribution is 2.35. The Balaban J connectivity index is 1.84. The molecular formula is C20H26ClFO4. The molecule has 0 amide bonds. The summed E-state index contributed by atoms with van der Waals surface area (Å²) in [5, 5.41) is 0.153. The summed E-state index contributed by atoms with van der Waals surface area (Å²) in [5.74, 6) is -0.607. The van der Waals surface area contributed by atoms with Crippen molar-refractivity contribution in [3.63, 3.8) is 0 Å². The number of benzene rings is 1. The van der Waals surface area contributed by atoms with E-state index in [2.05, 4.69) is 20.8 Å². The Morgan fingerprint density at radius 3 is 2.65 bits per heavy atom. The summed E-state index contributed by atoms with van der Waals surface area (Å²) in [5.41, 5.74) is 0.0634. The van der Waals surface area contributed by atoms with Crippen LogP contribution in [0.15, 0.2) is 18.2 Å². The second kappa shape index (κ2) is 9.36. The van der Waals surface area contributed by atoms with Crippen LogP contribution in [0.4, 0.5) is 4.39 Å². The van der Waals surface area contributed by atoms with Gasteiger partial charge in [0.1, 0.15) is 11.9 Å². The van der Waals surface area contributed by atoms with Crippen LogP contribution in [-0.2, 0) is 25.5 Å². The molecule has 0 radical (unpaired) electrons. The first-order valence-corrected chi connectivity index (χ1v) is 9.43. The lowest BCUT2D eigenvalue weighted by Crippen LogP contribution is -2.36. The monoisotopic (exact) mass is 384 g/mol. The molecule has 144 valence electrons. The van der Waals surface area contributed by atoms with E-state index in [0.29, 0.717) is 17.8 Å². The van der Waals surface area contributed by atoms with E-state index in [-0.39, 0.29) is 23.1 Å². The van der Waals surface area contributed by atoms with E-state index in [9.17, 15) is 14.0 Å². The third kappa shape index (κ3) is 5.70. The van der Waals surface area contributed by atoms with Crippen LogP contribution in [0.25, 0.3) is 0 Å². The Hall–Kier alpha value is -1.62. The van der Waals surface area contributed by atoms with Gasteiger partial charge < -0.3 is 9.47 Å². The Morgan fingerprint density at radius 2 is 2.00 bits per heavy atom. The van der Waals surface area contributed by atoms with Gasteiger partial charge in [0.15, 0.2) is 6.61 Å². The van der Waals surface area contributed by atoms with Gasteiger partial charge in [-0.05, 0) is 42.7 Å². The average molecular weight is 385 g/mol. The summed E-state index contributed by atoms with van der Waals surface area (Å²) in [6.45, 7) is 5.93. The summed E-state index contributed by atoms with van der Waals surface area (Å²) in [7, 11) is 0. The predicted octanol–water partition coefficient (Wildman–Crippen LogP) is 4.57. The van der Waals surface area contributed by atoms with Crippen LogP contribution < -0.4 is 0 Å². The lowest BCUT2D eigenvalue weighted by atomic mass is 9.75. The zero-order valence-electron chi connectivity index (χ0n) is 15.5. The smallest absolute Gasteiger partial charge is 0.344 e. The zero-order valence-corrected chi connectivity index (χ0v) is 16.2. The fourth-order valence-corrected chi connectivity index (χ4v) is 3.72. The number of esters is 2. The summed E-state index contributed by atoms with van der Waals surface area (Å²) in [6.07, 6.45) is 2.52. The van der Waals surface area contributed by atoms with Crippen molar-refractivity contribution in [1.82, 2.24) is 0 Å². The van der Waals surface area contributed by atoms with E-state index < -0.39 is 24.4 Å². The van der Waals surface area contributed by atoms with E-state index in [1.54, 1.807) is 0 Å². The number of hydrogen-bond donors (Lipinski definition) is 0. The highest BCUT2D eigenvalue weighted by atomic mass is 35.5. The van der Waals surface area contributed by atoms with Crippen molar-refractivity contribution in [3.8, 4) is 0 Å². The van der Waals surface area contributed by atoms with Gasteiger partial charge in [-0.2, -0.15) is 0 Å². The molecule has 2 rings (SSSR count). The Morgan fingerprint density at radius 1 is 1.27 bits per heavy atom. The maximum Gasteiger partial charge on any atom is 0.344 e. The topological polar surface area (TPSA) is 52.6 Å². The maximum absolute atomic E-state index is 13.7. The van der Waals surface area contributed by atoms with Crippen molar-refractivity contribution >= 4 is 23.5 Å². The van der Waals surface area contributed by atoms with Crippen LogP contribution in [0.5, 0.6) is 0 Å².